The van der Waals surface area contributed by atoms with Gasteiger partial charge in [0.2, 0.25) is 0 Å². The highest BCUT2D eigenvalue weighted by Gasteiger charge is 2.60. The van der Waals surface area contributed by atoms with Crippen LogP contribution in [-0.2, 0) is 16.3 Å². The minimum atomic E-state index is -1.40. The molecule has 4 bridgehead atoms. The third kappa shape index (κ3) is 0.615. The minimum Gasteiger partial charge on any atom is -0.349 e. The van der Waals surface area contributed by atoms with Crippen molar-refractivity contribution in [1.82, 2.24) is 0 Å². The van der Waals surface area contributed by atoms with Crippen LogP contribution in [0.15, 0.2) is 11.1 Å². The van der Waals surface area contributed by atoms with Gasteiger partial charge in [0.25, 0.3) is 0 Å². The van der Waals surface area contributed by atoms with E-state index in [-0.39, 0.29) is 0 Å². The molecule has 3 heteroatoms. The van der Waals surface area contributed by atoms with Crippen LogP contribution in [0.25, 0.3) is 0 Å². The summed E-state index contributed by atoms with van der Waals surface area (Å²) in [7, 11) is 0. The van der Waals surface area contributed by atoms with Gasteiger partial charge in [0.1, 0.15) is 0 Å². The van der Waals surface area contributed by atoms with Gasteiger partial charge in [-0.25, -0.2) is 0 Å². The lowest BCUT2D eigenvalue weighted by atomic mass is 9.86. The normalized spacial score (nSPS) is 55.7. The molecule has 0 aromatic rings. The fraction of sp³-hybridized carbons (Fsp3) is 0.778. The maximum absolute atomic E-state index is 5.85. The van der Waals surface area contributed by atoms with Crippen LogP contribution >= 0.6 is 6.26 Å². The van der Waals surface area contributed by atoms with Gasteiger partial charge < -0.3 is 4.52 Å². The van der Waals surface area contributed by atoms with Crippen LogP contribution in [0.2, 0.25) is 0 Å². The number of hydrogen-bond acceptors (Lipinski definition) is 2. The van der Waals surface area contributed by atoms with E-state index in [0.29, 0.717) is 11.3 Å². The van der Waals surface area contributed by atoms with Crippen molar-refractivity contribution in [3.8, 4) is 0 Å². The number of rotatable bonds is 0. The second kappa shape index (κ2) is 2.05. The lowest BCUT2D eigenvalue weighted by Gasteiger charge is -2.23. The van der Waals surface area contributed by atoms with E-state index in [1.165, 1.54) is 6.42 Å². The van der Waals surface area contributed by atoms with Gasteiger partial charge in [0.15, 0.2) is 0 Å². The SMILES string of the molecule is CC1=C(C)[C@H]2[C@@H]3COP2(=S)[C@H]1C3. The van der Waals surface area contributed by atoms with Crippen molar-refractivity contribution >= 4 is 18.1 Å². The Hall–Kier alpha value is 0.350. The van der Waals surface area contributed by atoms with E-state index in [9.17, 15) is 0 Å². The largest absolute Gasteiger partial charge is 0.349 e. The maximum Gasteiger partial charge on any atom is 0.0812 e. The maximum atomic E-state index is 5.85. The Morgan fingerprint density at radius 1 is 1.42 bits per heavy atom. The van der Waals surface area contributed by atoms with E-state index >= 15 is 0 Å². The Bertz CT molecular complexity index is 333. The van der Waals surface area contributed by atoms with Crippen LogP contribution in [-0.4, -0.2) is 17.9 Å². The van der Waals surface area contributed by atoms with Gasteiger partial charge in [0, 0.05) is 11.3 Å². The van der Waals surface area contributed by atoms with Crippen molar-refractivity contribution in [3.63, 3.8) is 0 Å². The van der Waals surface area contributed by atoms with E-state index in [4.69, 9.17) is 16.3 Å². The first-order valence-electron chi connectivity index (χ1n) is 4.56. The molecule has 3 heterocycles. The Balaban J connectivity index is 2.22. The first-order valence-corrected chi connectivity index (χ1v) is 7.41. The Morgan fingerprint density at radius 2 is 2.17 bits per heavy atom. The molecule has 3 rings (SSSR count). The molecular formula is C9H13OPS. The van der Waals surface area contributed by atoms with Crippen LogP contribution in [0.5, 0.6) is 0 Å². The molecule has 1 unspecified atom stereocenters. The van der Waals surface area contributed by atoms with Crippen LogP contribution in [0.3, 0.4) is 0 Å². The van der Waals surface area contributed by atoms with Crippen molar-refractivity contribution in [2.24, 2.45) is 5.92 Å². The molecule has 0 N–H and O–H groups in total. The molecule has 3 aliphatic heterocycles. The smallest absolute Gasteiger partial charge is 0.0812 e. The summed E-state index contributed by atoms with van der Waals surface area (Å²) in [5.41, 5.74) is 4.52. The van der Waals surface area contributed by atoms with Gasteiger partial charge in [-0.1, -0.05) is 23.0 Å². The summed E-state index contributed by atoms with van der Waals surface area (Å²) in [5, 5.41) is 0. The molecule has 2 saturated heterocycles. The summed E-state index contributed by atoms with van der Waals surface area (Å²) in [6.07, 6.45) is -0.0624. The third-order valence-electron chi connectivity index (χ3n) is 3.85. The second-order valence-electron chi connectivity index (χ2n) is 4.26. The molecule has 0 aromatic carbocycles. The van der Waals surface area contributed by atoms with E-state index in [2.05, 4.69) is 13.8 Å². The number of hydrogen-bond donors (Lipinski definition) is 0. The molecule has 0 aromatic heterocycles. The van der Waals surface area contributed by atoms with E-state index in [0.717, 1.165) is 12.5 Å². The molecule has 0 aliphatic carbocycles. The monoisotopic (exact) mass is 200 g/mol. The molecular weight excluding hydrogens is 187 g/mol. The predicted octanol–water partition coefficient (Wildman–Crippen LogP) is 2.52. The van der Waals surface area contributed by atoms with E-state index in [1.807, 2.05) is 0 Å². The quantitative estimate of drug-likeness (QED) is 0.439. The highest BCUT2D eigenvalue weighted by atomic mass is 32.4. The lowest BCUT2D eigenvalue weighted by Crippen LogP contribution is -2.19. The van der Waals surface area contributed by atoms with Gasteiger partial charge in [-0.15, -0.1) is 0 Å². The predicted molar refractivity (Wildman–Crippen MR) is 54.3 cm³/mol. The second-order valence-corrected chi connectivity index (χ2v) is 8.70. The summed E-state index contributed by atoms with van der Waals surface area (Å²) < 4.78 is 5.85. The zero-order valence-corrected chi connectivity index (χ0v) is 9.12. The Morgan fingerprint density at radius 3 is 2.75 bits per heavy atom. The molecule has 66 valence electrons. The van der Waals surface area contributed by atoms with Crippen molar-refractivity contribution in [1.29, 1.82) is 0 Å². The summed E-state index contributed by atoms with van der Waals surface area (Å²) >= 11 is 5.72. The molecule has 0 spiro atoms. The first-order chi connectivity index (χ1) is 5.64. The van der Waals surface area contributed by atoms with Gasteiger partial charge in [-0.3, -0.25) is 0 Å². The van der Waals surface area contributed by atoms with Crippen LogP contribution < -0.4 is 0 Å². The van der Waals surface area contributed by atoms with E-state index < -0.39 is 6.26 Å². The average Bonchev–Trinajstić information content (AvgIpc) is 2.55. The highest BCUT2D eigenvalue weighted by molar-refractivity contribution is 8.13. The first kappa shape index (κ1) is 7.73. The van der Waals surface area contributed by atoms with Crippen molar-refractivity contribution in [2.45, 2.75) is 31.6 Å². The van der Waals surface area contributed by atoms with Crippen molar-refractivity contribution in [2.75, 3.05) is 6.61 Å². The Labute approximate surface area is 78.3 Å². The zero-order valence-electron chi connectivity index (χ0n) is 7.41. The fourth-order valence-electron chi connectivity index (χ4n) is 3.16. The summed E-state index contributed by atoms with van der Waals surface area (Å²) in [5.74, 6) is 0.796. The van der Waals surface area contributed by atoms with Crippen LogP contribution in [0.1, 0.15) is 20.3 Å². The minimum absolute atomic E-state index is 0.677. The topological polar surface area (TPSA) is 9.23 Å². The standard InChI is InChI=1S/C9H13OPS/c1-5-6(2)9-7-3-8(5)11(9,12)10-4-7/h7-9H,3-4H2,1-2H3/t7-,8-,9-,11?/m0/s1. The molecule has 12 heavy (non-hydrogen) atoms. The van der Waals surface area contributed by atoms with Gasteiger partial charge in [0.05, 0.1) is 12.9 Å². The van der Waals surface area contributed by atoms with Crippen molar-refractivity contribution < 1.29 is 4.52 Å². The van der Waals surface area contributed by atoms with E-state index in [1.54, 1.807) is 11.1 Å². The number of allylic oxidation sites excluding steroid dienone is 2. The third-order valence-corrected chi connectivity index (χ3v) is 9.22. The summed E-state index contributed by atoms with van der Waals surface area (Å²) in [4.78, 5) is 0. The lowest BCUT2D eigenvalue weighted by molar-refractivity contribution is 0.286. The molecule has 0 saturated carbocycles. The van der Waals surface area contributed by atoms with Gasteiger partial charge in [-0.05, 0) is 26.2 Å². The molecule has 1 nitrogen and oxygen atoms in total. The van der Waals surface area contributed by atoms with Crippen molar-refractivity contribution in [3.05, 3.63) is 11.1 Å². The van der Waals surface area contributed by atoms with Crippen LogP contribution in [0.4, 0.5) is 0 Å². The molecule has 0 amide bonds. The molecule has 3 aliphatic rings. The summed E-state index contributed by atoms with van der Waals surface area (Å²) in [6.45, 7) is 5.48. The van der Waals surface area contributed by atoms with Gasteiger partial charge >= 0.3 is 0 Å². The zero-order chi connectivity index (χ0) is 8.51. The Kier molecular flexibility index (Phi) is 1.32. The summed E-state index contributed by atoms with van der Waals surface area (Å²) in [6, 6.07) is 0. The average molecular weight is 200 g/mol. The molecule has 4 atom stereocenters. The van der Waals surface area contributed by atoms with Gasteiger partial charge in [-0.2, -0.15) is 0 Å². The molecule has 2 fully saturated rings. The highest BCUT2D eigenvalue weighted by Crippen LogP contribution is 2.78. The molecule has 0 radical (unpaired) electrons. The fourth-order valence-corrected chi connectivity index (χ4v) is 9.06. The van der Waals surface area contributed by atoms with Crippen LogP contribution in [0, 0.1) is 5.92 Å².